The molecule has 1 heterocycles. The van der Waals surface area contributed by atoms with Gasteiger partial charge < -0.3 is 16.2 Å². The highest BCUT2D eigenvalue weighted by atomic mass is 16.3. The fraction of sp³-hybridized carbons (Fsp3) is 0.273. The number of fused-ring (bicyclic) bond motifs is 1. The zero-order chi connectivity index (χ0) is 11.5. The molecule has 0 aliphatic carbocycles. The number of hydrogen-bond acceptors (Lipinski definition) is 5. The van der Waals surface area contributed by atoms with Gasteiger partial charge in [0.1, 0.15) is 12.1 Å². The maximum atomic E-state index is 8.99. The molecule has 0 saturated heterocycles. The Morgan fingerprint density at radius 3 is 3.00 bits per heavy atom. The number of nitrogens with one attached hydrogen (secondary N) is 1. The summed E-state index contributed by atoms with van der Waals surface area (Å²) in [4.78, 5) is 8.29. The second kappa shape index (κ2) is 4.32. The van der Waals surface area contributed by atoms with Crippen molar-refractivity contribution in [1.82, 2.24) is 9.97 Å². The minimum atomic E-state index is -0.0457. The van der Waals surface area contributed by atoms with E-state index in [1.54, 1.807) is 12.1 Å². The van der Waals surface area contributed by atoms with Gasteiger partial charge in [-0.05, 0) is 25.1 Å². The molecule has 0 saturated carbocycles. The third-order valence-electron chi connectivity index (χ3n) is 2.32. The lowest BCUT2D eigenvalue weighted by atomic mass is 10.2. The quantitative estimate of drug-likeness (QED) is 0.669. The van der Waals surface area contributed by atoms with Crippen LogP contribution >= 0.6 is 0 Å². The largest absolute Gasteiger partial charge is 0.399 e. The molecule has 0 aliphatic rings. The van der Waals surface area contributed by atoms with Crippen LogP contribution in [0, 0.1) is 0 Å². The number of aliphatic hydroxyl groups is 1. The monoisotopic (exact) mass is 218 g/mol. The average molecular weight is 218 g/mol. The first-order chi connectivity index (χ1) is 7.70. The van der Waals surface area contributed by atoms with E-state index in [1.807, 2.05) is 13.0 Å². The van der Waals surface area contributed by atoms with Gasteiger partial charge in [0.25, 0.3) is 0 Å². The van der Waals surface area contributed by atoms with Crippen LogP contribution in [0.15, 0.2) is 24.5 Å². The third-order valence-corrected chi connectivity index (χ3v) is 2.32. The number of rotatable bonds is 3. The molecule has 1 aromatic carbocycles. The van der Waals surface area contributed by atoms with Crippen molar-refractivity contribution < 1.29 is 5.11 Å². The molecule has 5 heteroatoms. The van der Waals surface area contributed by atoms with Gasteiger partial charge in [-0.3, -0.25) is 0 Å². The van der Waals surface area contributed by atoms with Gasteiger partial charge in [0.05, 0.1) is 12.1 Å². The molecule has 1 unspecified atom stereocenters. The van der Waals surface area contributed by atoms with E-state index >= 15 is 0 Å². The Hall–Kier alpha value is -1.88. The molecule has 0 aliphatic heterocycles. The summed E-state index contributed by atoms with van der Waals surface area (Å²) in [5.74, 6) is 0.714. The third kappa shape index (κ3) is 2.04. The number of aliphatic hydroxyl groups excluding tert-OH is 1. The van der Waals surface area contributed by atoms with Gasteiger partial charge in [0.2, 0.25) is 0 Å². The minimum Gasteiger partial charge on any atom is -0.399 e. The van der Waals surface area contributed by atoms with Crippen molar-refractivity contribution in [3.05, 3.63) is 24.5 Å². The topological polar surface area (TPSA) is 84.1 Å². The molecule has 0 radical (unpaired) electrons. The molecule has 1 aromatic heterocycles. The Labute approximate surface area is 93.3 Å². The Bertz CT molecular complexity index is 500. The van der Waals surface area contributed by atoms with E-state index in [0.29, 0.717) is 11.5 Å². The summed E-state index contributed by atoms with van der Waals surface area (Å²) in [5.41, 5.74) is 7.15. The number of nitrogens with two attached hydrogens (primary N) is 1. The molecule has 4 N–H and O–H groups in total. The fourth-order valence-corrected chi connectivity index (χ4v) is 1.47. The van der Waals surface area contributed by atoms with Crippen LogP contribution in [0.25, 0.3) is 10.9 Å². The van der Waals surface area contributed by atoms with Crippen molar-refractivity contribution in [3.8, 4) is 0 Å². The van der Waals surface area contributed by atoms with E-state index in [9.17, 15) is 0 Å². The summed E-state index contributed by atoms with van der Waals surface area (Å²) in [6.07, 6.45) is 1.48. The van der Waals surface area contributed by atoms with E-state index in [4.69, 9.17) is 10.8 Å². The zero-order valence-electron chi connectivity index (χ0n) is 9.01. The predicted molar refractivity (Wildman–Crippen MR) is 64.1 cm³/mol. The molecule has 0 spiro atoms. The standard InChI is InChI=1S/C11H14N4O/c1-7(5-16)15-11-9-3-2-8(12)4-10(9)13-6-14-11/h2-4,6-7,16H,5,12H2,1H3,(H,13,14,15). The summed E-state index contributed by atoms with van der Waals surface area (Å²) in [5, 5.41) is 13.0. The molecule has 84 valence electrons. The van der Waals surface area contributed by atoms with Gasteiger partial charge in [0.15, 0.2) is 0 Å². The summed E-state index contributed by atoms with van der Waals surface area (Å²) >= 11 is 0. The molecular formula is C11H14N4O. The van der Waals surface area contributed by atoms with E-state index in [0.717, 1.165) is 10.9 Å². The molecule has 5 nitrogen and oxygen atoms in total. The van der Waals surface area contributed by atoms with Crippen molar-refractivity contribution >= 4 is 22.4 Å². The highest BCUT2D eigenvalue weighted by Crippen LogP contribution is 2.21. The first kappa shape index (κ1) is 10.6. The number of aromatic nitrogens is 2. The maximum absolute atomic E-state index is 8.99. The predicted octanol–water partition coefficient (Wildman–Crippen LogP) is 1.00. The molecule has 2 rings (SSSR count). The summed E-state index contributed by atoms with van der Waals surface area (Å²) in [7, 11) is 0. The molecule has 1 atom stereocenters. The van der Waals surface area contributed by atoms with Crippen LogP contribution in [0.1, 0.15) is 6.92 Å². The van der Waals surface area contributed by atoms with E-state index in [2.05, 4.69) is 15.3 Å². The number of anilines is 2. The highest BCUT2D eigenvalue weighted by molar-refractivity contribution is 5.90. The molecule has 0 amide bonds. The number of hydrogen-bond donors (Lipinski definition) is 3. The van der Waals surface area contributed by atoms with Crippen molar-refractivity contribution in [2.45, 2.75) is 13.0 Å². The first-order valence-corrected chi connectivity index (χ1v) is 5.08. The van der Waals surface area contributed by atoms with Crippen molar-refractivity contribution in [2.75, 3.05) is 17.7 Å². The summed E-state index contributed by atoms with van der Waals surface area (Å²) < 4.78 is 0. The maximum Gasteiger partial charge on any atom is 0.137 e. The first-order valence-electron chi connectivity index (χ1n) is 5.08. The van der Waals surface area contributed by atoms with E-state index in [-0.39, 0.29) is 12.6 Å². The van der Waals surface area contributed by atoms with E-state index < -0.39 is 0 Å². The second-order valence-corrected chi connectivity index (χ2v) is 3.73. The van der Waals surface area contributed by atoms with Crippen LogP contribution in [-0.2, 0) is 0 Å². The van der Waals surface area contributed by atoms with Crippen LogP contribution in [-0.4, -0.2) is 27.7 Å². The van der Waals surface area contributed by atoms with Crippen LogP contribution in [0.4, 0.5) is 11.5 Å². The highest BCUT2D eigenvalue weighted by Gasteiger charge is 2.06. The number of benzene rings is 1. The van der Waals surface area contributed by atoms with Crippen LogP contribution in [0.2, 0.25) is 0 Å². The van der Waals surface area contributed by atoms with Gasteiger partial charge in [0, 0.05) is 17.1 Å². The van der Waals surface area contributed by atoms with Crippen LogP contribution in [0.5, 0.6) is 0 Å². The van der Waals surface area contributed by atoms with Crippen molar-refractivity contribution in [1.29, 1.82) is 0 Å². The van der Waals surface area contributed by atoms with Gasteiger partial charge in [-0.15, -0.1) is 0 Å². The SMILES string of the molecule is CC(CO)Nc1ncnc2cc(N)ccc12. The molecule has 0 bridgehead atoms. The lowest BCUT2D eigenvalue weighted by Crippen LogP contribution is -2.20. The average Bonchev–Trinajstić information content (AvgIpc) is 2.28. The summed E-state index contributed by atoms with van der Waals surface area (Å²) in [6, 6.07) is 5.43. The van der Waals surface area contributed by atoms with Gasteiger partial charge in [-0.25, -0.2) is 9.97 Å². The Kier molecular flexibility index (Phi) is 2.87. The number of nitrogen functional groups attached to an aromatic ring is 1. The molecule has 2 aromatic rings. The van der Waals surface area contributed by atoms with Crippen molar-refractivity contribution in [3.63, 3.8) is 0 Å². The molecule has 16 heavy (non-hydrogen) atoms. The lowest BCUT2D eigenvalue weighted by Gasteiger charge is -2.13. The Morgan fingerprint density at radius 1 is 1.44 bits per heavy atom. The van der Waals surface area contributed by atoms with E-state index in [1.165, 1.54) is 6.33 Å². The lowest BCUT2D eigenvalue weighted by molar-refractivity contribution is 0.281. The Morgan fingerprint density at radius 2 is 2.25 bits per heavy atom. The van der Waals surface area contributed by atoms with Gasteiger partial charge >= 0.3 is 0 Å². The Balaban J connectivity index is 2.45. The smallest absolute Gasteiger partial charge is 0.137 e. The van der Waals surface area contributed by atoms with Gasteiger partial charge in [-0.1, -0.05) is 0 Å². The second-order valence-electron chi connectivity index (χ2n) is 3.73. The van der Waals surface area contributed by atoms with Gasteiger partial charge in [-0.2, -0.15) is 0 Å². The summed E-state index contributed by atoms with van der Waals surface area (Å²) in [6.45, 7) is 1.94. The fourth-order valence-electron chi connectivity index (χ4n) is 1.47. The molecular weight excluding hydrogens is 204 g/mol. The normalized spacial score (nSPS) is 12.6. The van der Waals surface area contributed by atoms with Crippen LogP contribution in [0.3, 0.4) is 0 Å². The van der Waals surface area contributed by atoms with Crippen molar-refractivity contribution in [2.24, 2.45) is 0 Å². The molecule has 0 fully saturated rings. The minimum absolute atomic E-state index is 0.0457. The zero-order valence-corrected chi connectivity index (χ0v) is 9.01. The van der Waals surface area contributed by atoms with Crippen LogP contribution < -0.4 is 11.1 Å². The number of nitrogens with zero attached hydrogens (tertiary/aromatic N) is 2.